The van der Waals surface area contributed by atoms with Gasteiger partial charge in [0.1, 0.15) is 0 Å². The van der Waals surface area contributed by atoms with Crippen molar-refractivity contribution in [2.24, 2.45) is 11.8 Å². The van der Waals surface area contributed by atoms with Crippen LogP contribution in [0.25, 0.3) is 0 Å². The van der Waals surface area contributed by atoms with Crippen LogP contribution in [0.1, 0.15) is 12.5 Å². The van der Waals surface area contributed by atoms with Gasteiger partial charge in [-0.2, -0.15) is 5.26 Å². The highest BCUT2D eigenvalue weighted by Gasteiger charge is 2.35. The van der Waals surface area contributed by atoms with Crippen LogP contribution >= 0.6 is 0 Å². The first kappa shape index (κ1) is 15.0. The number of carbonyl (C=O) groups is 2. The zero-order chi connectivity index (χ0) is 15.4. The summed E-state index contributed by atoms with van der Waals surface area (Å²) in [6, 6.07) is 8.69. The number of nitriles is 1. The number of nitrogens with one attached hydrogen (secondary N) is 1. The average Bonchev–Trinajstić information content (AvgIpc) is 2.79. The first-order valence-corrected chi connectivity index (χ1v) is 6.74. The Bertz CT molecular complexity index is 594. The third-order valence-electron chi connectivity index (χ3n) is 3.65. The number of hydrogen-bond donors (Lipinski definition) is 2. The van der Waals surface area contributed by atoms with Gasteiger partial charge in [-0.25, -0.2) is 0 Å². The quantitative estimate of drug-likeness (QED) is 0.866. The Morgan fingerprint density at radius 2 is 2.24 bits per heavy atom. The highest BCUT2D eigenvalue weighted by atomic mass is 16.4. The number of rotatable bonds is 4. The molecule has 21 heavy (non-hydrogen) atoms. The summed E-state index contributed by atoms with van der Waals surface area (Å²) in [5.74, 6) is -1.40. The van der Waals surface area contributed by atoms with Crippen molar-refractivity contribution in [3.8, 4) is 6.07 Å². The first-order chi connectivity index (χ1) is 9.99. The summed E-state index contributed by atoms with van der Waals surface area (Å²) in [6.07, 6.45) is 0. The number of carboxylic acid groups (broad SMARTS) is 1. The molecule has 1 aliphatic rings. The molecule has 6 heteroatoms. The van der Waals surface area contributed by atoms with Gasteiger partial charge in [0.2, 0.25) is 5.91 Å². The maximum atomic E-state index is 12.0. The molecule has 2 N–H and O–H groups in total. The fourth-order valence-corrected chi connectivity index (χ4v) is 2.59. The Balaban J connectivity index is 1.91. The van der Waals surface area contributed by atoms with E-state index >= 15 is 0 Å². The van der Waals surface area contributed by atoms with Crippen LogP contribution < -0.4 is 5.32 Å². The van der Waals surface area contributed by atoms with E-state index in [2.05, 4.69) is 5.32 Å². The van der Waals surface area contributed by atoms with Crippen molar-refractivity contribution >= 4 is 17.6 Å². The Hall–Kier alpha value is -2.39. The number of nitrogens with zero attached hydrogens (tertiary/aromatic N) is 2. The summed E-state index contributed by atoms with van der Waals surface area (Å²) in [6.45, 7) is 3.03. The third-order valence-corrected chi connectivity index (χ3v) is 3.65. The number of carbonyl (C=O) groups excluding carboxylic acids is 1. The number of amides is 1. The van der Waals surface area contributed by atoms with Gasteiger partial charge >= 0.3 is 5.97 Å². The molecule has 2 rings (SSSR count). The molecule has 1 saturated heterocycles. The molecule has 0 aliphatic carbocycles. The molecule has 0 radical (unpaired) electrons. The highest BCUT2D eigenvalue weighted by Crippen LogP contribution is 2.22. The number of hydrogen-bond acceptors (Lipinski definition) is 4. The Morgan fingerprint density at radius 3 is 2.86 bits per heavy atom. The summed E-state index contributed by atoms with van der Waals surface area (Å²) < 4.78 is 0. The lowest BCUT2D eigenvalue weighted by Gasteiger charge is -2.14. The molecule has 0 aromatic heterocycles. The minimum Gasteiger partial charge on any atom is -0.481 e. The van der Waals surface area contributed by atoms with Crippen molar-refractivity contribution in [3.05, 3.63) is 29.8 Å². The molecule has 110 valence electrons. The molecule has 6 nitrogen and oxygen atoms in total. The van der Waals surface area contributed by atoms with Crippen molar-refractivity contribution in [2.75, 3.05) is 25.0 Å². The number of benzene rings is 1. The van der Waals surface area contributed by atoms with Crippen LogP contribution in [0.15, 0.2) is 24.3 Å². The first-order valence-electron chi connectivity index (χ1n) is 6.74. The average molecular weight is 287 g/mol. The predicted molar refractivity (Wildman–Crippen MR) is 76.5 cm³/mol. The molecular weight excluding hydrogens is 270 g/mol. The maximum Gasteiger partial charge on any atom is 0.308 e. The van der Waals surface area contributed by atoms with Crippen LogP contribution in [0.2, 0.25) is 0 Å². The normalized spacial score (nSPS) is 21.7. The molecule has 1 amide bonds. The summed E-state index contributed by atoms with van der Waals surface area (Å²) in [5.41, 5.74) is 1.05. The van der Waals surface area contributed by atoms with Crippen LogP contribution in [0.3, 0.4) is 0 Å². The van der Waals surface area contributed by atoms with E-state index < -0.39 is 11.9 Å². The van der Waals surface area contributed by atoms with Crippen molar-refractivity contribution in [3.63, 3.8) is 0 Å². The Labute approximate surface area is 123 Å². The van der Waals surface area contributed by atoms with E-state index in [0.717, 1.165) is 0 Å². The third kappa shape index (κ3) is 3.80. The van der Waals surface area contributed by atoms with Gasteiger partial charge in [-0.1, -0.05) is 13.0 Å². The molecular formula is C15H17N3O3. The molecule has 0 bridgehead atoms. The smallest absolute Gasteiger partial charge is 0.308 e. The molecule has 2 atom stereocenters. The van der Waals surface area contributed by atoms with Gasteiger partial charge < -0.3 is 10.4 Å². The second-order valence-corrected chi connectivity index (χ2v) is 5.36. The van der Waals surface area contributed by atoms with Gasteiger partial charge in [-0.05, 0) is 24.1 Å². The van der Waals surface area contributed by atoms with Crippen LogP contribution in [0.5, 0.6) is 0 Å². The number of aliphatic carboxylic acids is 1. The highest BCUT2D eigenvalue weighted by molar-refractivity contribution is 5.92. The van der Waals surface area contributed by atoms with Crippen molar-refractivity contribution in [1.29, 1.82) is 5.26 Å². The van der Waals surface area contributed by atoms with Crippen molar-refractivity contribution in [2.45, 2.75) is 6.92 Å². The van der Waals surface area contributed by atoms with E-state index in [9.17, 15) is 9.59 Å². The molecule has 2 unspecified atom stereocenters. The molecule has 1 aliphatic heterocycles. The monoisotopic (exact) mass is 287 g/mol. The molecule has 0 spiro atoms. The standard InChI is InChI=1S/C15H17N3O3/c1-10-7-18(8-13(10)15(20)21)9-14(19)17-12-4-2-3-11(5-12)6-16/h2-5,10,13H,7-9H2,1H3,(H,17,19)(H,20,21). The van der Waals surface area contributed by atoms with E-state index in [1.165, 1.54) is 0 Å². The van der Waals surface area contributed by atoms with Crippen LogP contribution in [-0.2, 0) is 9.59 Å². The summed E-state index contributed by atoms with van der Waals surface area (Å²) >= 11 is 0. The van der Waals surface area contributed by atoms with Gasteiger partial charge in [0.15, 0.2) is 0 Å². The van der Waals surface area contributed by atoms with Crippen molar-refractivity contribution < 1.29 is 14.7 Å². The number of likely N-dealkylation sites (tertiary alicyclic amines) is 1. The zero-order valence-corrected chi connectivity index (χ0v) is 11.7. The lowest BCUT2D eigenvalue weighted by atomic mass is 9.99. The van der Waals surface area contributed by atoms with Crippen LogP contribution in [0, 0.1) is 23.2 Å². The Kier molecular flexibility index (Phi) is 4.55. The lowest BCUT2D eigenvalue weighted by Crippen LogP contribution is -2.32. The minimum absolute atomic E-state index is 0.0391. The van der Waals surface area contributed by atoms with Gasteiger partial charge in [0, 0.05) is 18.8 Å². The molecule has 0 saturated carbocycles. The van der Waals surface area contributed by atoms with E-state index in [-0.39, 0.29) is 18.4 Å². The Morgan fingerprint density at radius 1 is 1.48 bits per heavy atom. The molecule has 1 aromatic carbocycles. The zero-order valence-electron chi connectivity index (χ0n) is 11.7. The number of anilines is 1. The van der Waals surface area contributed by atoms with Crippen LogP contribution in [0.4, 0.5) is 5.69 Å². The fraction of sp³-hybridized carbons (Fsp3) is 0.400. The second kappa shape index (κ2) is 6.37. The van der Waals surface area contributed by atoms with Gasteiger partial charge in [0.25, 0.3) is 0 Å². The molecule has 1 aromatic rings. The fourth-order valence-electron chi connectivity index (χ4n) is 2.59. The molecule has 1 heterocycles. The van der Waals surface area contributed by atoms with Crippen LogP contribution in [-0.4, -0.2) is 41.5 Å². The van der Waals surface area contributed by atoms with E-state index in [1.54, 1.807) is 24.3 Å². The summed E-state index contributed by atoms with van der Waals surface area (Å²) in [7, 11) is 0. The largest absolute Gasteiger partial charge is 0.481 e. The lowest BCUT2D eigenvalue weighted by molar-refractivity contribution is -0.142. The van der Waals surface area contributed by atoms with Gasteiger partial charge in [0.05, 0.1) is 24.1 Å². The van der Waals surface area contributed by atoms with Gasteiger partial charge in [-0.15, -0.1) is 0 Å². The molecule has 1 fully saturated rings. The van der Waals surface area contributed by atoms with E-state index in [0.29, 0.717) is 24.3 Å². The second-order valence-electron chi connectivity index (χ2n) is 5.36. The minimum atomic E-state index is -0.813. The topological polar surface area (TPSA) is 93.4 Å². The maximum absolute atomic E-state index is 12.0. The number of carboxylic acids is 1. The van der Waals surface area contributed by atoms with Crippen molar-refractivity contribution in [1.82, 2.24) is 4.90 Å². The SMILES string of the molecule is CC1CN(CC(=O)Nc2cccc(C#N)c2)CC1C(=O)O. The summed E-state index contributed by atoms with van der Waals surface area (Å²) in [5, 5.41) is 20.6. The summed E-state index contributed by atoms with van der Waals surface area (Å²) in [4.78, 5) is 24.9. The van der Waals surface area contributed by atoms with E-state index in [1.807, 2.05) is 17.9 Å². The predicted octanol–water partition coefficient (Wildman–Crippen LogP) is 1.15. The van der Waals surface area contributed by atoms with E-state index in [4.69, 9.17) is 10.4 Å². The van der Waals surface area contributed by atoms with Gasteiger partial charge in [-0.3, -0.25) is 14.5 Å².